The molecule has 1 fully saturated rings. The second-order valence-corrected chi connectivity index (χ2v) is 8.71. The molecule has 0 saturated carbocycles. The fraction of sp³-hybridized carbons (Fsp3) is 0.350. The number of piperidine rings is 1. The molecule has 3 rings (SSSR count). The molecular weight excluding hydrogens is 362 g/mol. The zero-order chi connectivity index (χ0) is 19.4. The Balaban J connectivity index is 1.83. The van der Waals surface area contributed by atoms with Crippen LogP contribution < -0.4 is 11.1 Å². The van der Waals surface area contributed by atoms with Gasteiger partial charge in [-0.05, 0) is 55.2 Å². The van der Waals surface area contributed by atoms with E-state index in [1.165, 1.54) is 4.31 Å². The highest BCUT2D eigenvalue weighted by atomic mass is 32.2. The van der Waals surface area contributed by atoms with Gasteiger partial charge in [-0.1, -0.05) is 24.6 Å². The van der Waals surface area contributed by atoms with E-state index in [9.17, 15) is 13.2 Å². The minimum absolute atomic E-state index is 0.251. The predicted octanol–water partition coefficient (Wildman–Crippen LogP) is 2.88. The van der Waals surface area contributed by atoms with Crippen LogP contribution >= 0.6 is 0 Å². The molecular formula is C20H25N3O3S. The van der Waals surface area contributed by atoms with Crippen LogP contribution in [0.15, 0.2) is 47.4 Å². The monoisotopic (exact) mass is 387 g/mol. The summed E-state index contributed by atoms with van der Waals surface area (Å²) in [6.07, 6.45) is 2.82. The lowest BCUT2D eigenvalue weighted by Crippen LogP contribution is -2.36. The third-order valence-corrected chi connectivity index (χ3v) is 6.87. The molecule has 1 aliphatic rings. The number of aryl methyl sites for hydroxylation is 1. The lowest BCUT2D eigenvalue weighted by atomic mass is 10.1. The summed E-state index contributed by atoms with van der Waals surface area (Å²) < 4.78 is 27.5. The van der Waals surface area contributed by atoms with Gasteiger partial charge in [-0.25, -0.2) is 8.42 Å². The van der Waals surface area contributed by atoms with Crippen molar-refractivity contribution in [3.8, 4) is 0 Å². The Morgan fingerprint density at radius 1 is 1.07 bits per heavy atom. The maximum Gasteiger partial charge on any atom is 0.255 e. The molecule has 1 amide bonds. The maximum absolute atomic E-state index is 13.0. The molecule has 0 atom stereocenters. The summed E-state index contributed by atoms with van der Waals surface area (Å²) in [5.41, 5.74) is 8.14. The third kappa shape index (κ3) is 4.37. The van der Waals surface area contributed by atoms with E-state index in [1.807, 2.05) is 0 Å². The topological polar surface area (TPSA) is 92.5 Å². The number of hydrogen-bond acceptors (Lipinski definition) is 4. The number of nitrogens with one attached hydrogen (secondary N) is 1. The SMILES string of the molecule is Cc1ccc(NC(=O)c2ccc(CN)cc2)cc1S(=O)(=O)N1CCCCC1. The van der Waals surface area contributed by atoms with Gasteiger partial charge >= 0.3 is 0 Å². The average molecular weight is 388 g/mol. The van der Waals surface area contributed by atoms with Crippen molar-refractivity contribution in [1.82, 2.24) is 4.31 Å². The van der Waals surface area contributed by atoms with E-state index in [1.54, 1.807) is 49.4 Å². The van der Waals surface area contributed by atoms with Crippen LogP contribution in [0.5, 0.6) is 0 Å². The third-order valence-electron chi connectivity index (χ3n) is 4.83. The van der Waals surface area contributed by atoms with Crippen molar-refractivity contribution in [3.63, 3.8) is 0 Å². The fourth-order valence-corrected chi connectivity index (χ4v) is 4.96. The lowest BCUT2D eigenvalue weighted by molar-refractivity contribution is 0.102. The van der Waals surface area contributed by atoms with Crippen LogP contribution in [-0.2, 0) is 16.6 Å². The predicted molar refractivity (Wildman–Crippen MR) is 106 cm³/mol. The Bertz CT molecular complexity index is 918. The quantitative estimate of drug-likeness (QED) is 0.825. The van der Waals surface area contributed by atoms with Crippen LogP contribution in [0.1, 0.15) is 40.7 Å². The number of carbonyl (C=O) groups is 1. The number of carbonyl (C=O) groups excluding carboxylic acids is 1. The molecule has 0 spiro atoms. The van der Waals surface area contributed by atoms with Gasteiger partial charge in [0.2, 0.25) is 10.0 Å². The normalized spacial score (nSPS) is 15.5. The van der Waals surface area contributed by atoms with E-state index in [-0.39, 0.29) is 10.8 Å². The van der Waals surface area contributed by atoms with Gasteiger partial charge in [0.25, 0.3) is 5.91 Å². The molecule has 0 bridgehead atoms. The first-order valence-electron chi connectivity index (χ1n) is 9.13. The van der Waals surface area contributed by atoms with E-state index >= 15 is 0 Å². The zero-order valence-electron chi connectivity index (χ0n) is 15.4. The molecule has 0 radical (unpaired) electrons. The molecule has 0 aromatic heterocycles. The van der Waals surface area contributed by atoms with Gasteiger partial charge in [0.05, 0.1) is 4.90 Å². The molecule has 1 heterocycles. The molecule has 144 valence electrons. The molecule has 27 heavy (non-hydrogen) atoms. The van der Waals surface area contributed by atoms with Gasteiger partial charge in [0, 0.05) is 30.9 Å². The Hall–Kier alpha value is -2.22. The van der Waals surface area contributed by atoms with E-state index in [2.05, 4.69) is 5.32 Å². The summed E-state index contributed by atoms with van der Waals surface area (Å²) in [6.45, 7) is 3.28. The highest BCUT2D eigenvalue weighted by Crippen LogP contribution is 2.26. The van der Waals surface area contributed by atoms with Crippen molar-refractivity contribution >= 4 is 21.6 Å². The smallest absolute Gasteiger partial charge is 0.255 e. The van der Waals surface area contributed by atoms with Crippen LogP contribution in [-0.4, -0.2) is 31.7 Å². The summed E-state index contributed by atoms with van der Waals surface area (Å²) in [5.74, 6) is -0.288. The minimum Gasteiger partial charge on any atom is -0.326 e. The summed E-state index contributed by atoms with van der Waals surface area (Å²) in [6, 6.07) is 12.0. The van der Waals surface area contributed by atoms with E-state index < -0.39 is 10.0 Å². The molecule has 0 unspecified atom stereocenters. The van der Waals surface area contributed by atoms with Crippen LogP contribution in [0, 0.1) is 6.92 Å². The lowest BCUT2D eigenvalue weighted by Gasteiger charge is -2.26. The molecule has 7 heteroatoms. The number of amides is 1. The van der Waals surface area contributed by atoms with Gasteiger partial charge in [0.1, 0.15) is 0 Å². The number of rotatable bonds is 5. The van der Waals surface area contributed by atoms with E-state index in [0.29, 0.717) is 36.4 Å². The van der Waals surface area contributed by atoms with Gasteiger partial charge in [-0.15, -0.1) is 0 Å². The molecule has 3 N–H and O–H groups in total. The van der Waals surface area contributed by atoms with Crippen LogP contribution in [0.4, 0.5) is 5.69 Å². The molecule has 1 saturated heterocycles. The number of nitrogens with two attached hydrogens (primary N) is 1. The number of sulfonamides is 1. The summed E-state index contributed by atoms with van der Waals surface area (Å²) in [5, 5.41) is 2.79. The zero-order valence-corrected chi connectivity index (χ0v) is 16.3. The first-order valence-corrected chi connectivity index (χ1v) is 10.6. The molecule has 6 nitrogen and oxygen atoms in total. The second-order valence-electron chi connectivity index (χ2n) is 6.80. The van der Waals surface area contributed by atoms with Gasteiger partial charge in [0.15, 0.2) is 0 Å². The maximum atomic E-state index is 13.0. The van der Waals surface area contributed by atoms with Crippen molar-refractivity contribution < 1.29 is 13.2 Å². The van der Waals surface area contributed by atoms with Crippen molar-refractivity contribution in [1.29, 1.82) is 0 Å². The number of nitrogens with zero attached hydrogens (tertiary/aromatic N) is 1. The Morgan fingerprint density at radius 3 is 2.37 bits per heavy atom. The highest BCUT2D eigenvalue weighted by molar-refractivity contribution is 7.89. The number of anilines is 1. The van der Waals surface area contributed by atoms with Crippen LogP contribution in [0.3, 0.4) is 0 Å². The largest absolute Gasteiger partial charge is 0.326 e. The van der Waals surface area contributed by atoms with Gasteiger partial charge in [-0.3, -0.25) is 4.79 Å². The fourth-order valence-electron chi connectivity index (χ4n) is 3.20. The first kappa shape index (κ1) is 19.5. The van der Waals surface area contributed by atoms with Crippen molar-refractivity contribution in [2.75, 3.05) is 18.4 Å². The Labute approximate surface area is 160 Å². The van der Waals surface area contributed by atoms with Crippen molar-refractivity contribution in [2.24, 2.45) is 5.73 Å². The molecule has 0 aliphatic carbocycles. The van der Waals surface area contributed by atoms with Crippen LogP contribution in [0.25, 0.3) is 0 Å². The number of benzene rings is 2. The average Bonchev–Trinajstić information content (AvgIpc) is 2.70. The first-order chi connectivity index (χ1) is 12.9. The summed E-state index contributed by atoms with van der Waals surface area (Å²) in [4.78, 5) is 12.7. The van der Waals surface area contributed by atoms with Gasteiger partial charge < -0.3 is 11.1 Å². The highest BCUT2D eigenvalue weighted by Gasteiger charge is 2.27. The standard InChI is InChI=1S/C20H25N3O3S/c1-15-5-10-18(22-20(24)17-8-6-16(14-21)7-9-17)13-19(15)27(25,26)23-11-3-2-4-12-23/h5-10,13H,2-4,11-12,14,21H2,1H3,(H,22,24). The van der Waals surface area contributed by atoms with E-state index in [4.69, 9.17) is 5.73 Å². The molecule has 2 aromatic carbocycles. The summed E-state index contributed by atoms with van der Waals surface area (Å²) >= 11 is 0. The van der Waals surface area contributed by atoms with Gasteiger partial charge in [-0.2, -0.15) is 4.31 Å². The van der Waals surface area contributed by atoms with Crippen molar-refractivity contribution in [2.45, 2.75) is 37.6 Å². The van der Waals surface area contributed by atoms with Crippen LogP contribution in [0.2, 0.25) is 0 Å². The summed E-state index contributed by atoms with van der Waals surface area (Å²) in [7, 11) is -3.56. The van der Waals surface area contributed by atoms with E-state index in [0.717, 1.165) is 24.8 Å². The number of hydrogen-bond donors (Lipinski definition) is 2. The van der Waals surface area contributed by atoms with Crippen molar-refractivity contribution in [3.05, 3.63) is 59.2 Å². The molecule has 1 aliphatic heterocycles. The second kappa shape index (κ2) is 8.21. The molecule has 2 aromatic rings. The Morgan fingerprint density at radius 2 is 1.74 bits per heavy atom. The minimum atomic E-state index is -3.56. The Kier molecular flexibility index (Phi) is 5.94.